The molecule has 0 radical (unpaired) electrons. The lowest BCUT2D eigenvalue weighted by Crippen LogP contribution is -2.24. The van der Waals surface area contributed by atoms with E-state index in [0.29, 0.717) is 22.8 Å². The molecule has 0 aliphatic carbocycles. The number of benzene rings is 1. The normalized spacial score (nSPS) is 10.1. The second-order valence-corrected chi connectivity index (χ2v) is 4.20. The van der Waals surface area contributed by atoms with Gasteiger partial charge in [-0.2, -0.15) is 0 Å². The van der Waals surface area contributed by atoms with Crippen LogP contribution in [-0.4, -0.2) is 15.9 Å². The molecule has 1 heterocycles. The molecule has 2 rings (SSSR count). The number of halogens is 1. The van der Waals surface area contributed by atoms with Crippen molar-refractivity contribution in [2.45, 2.75) is 13.5 Å². The van der Waals surface area contributed by atoms with Crippen LogP contribution in [0.1, 0.15) is 21.6 Å². The van der Waals surface area contributed by atoms with Crippen molar-refractivity contribution in [1.82, 2.24) is 15.3 Å². The van der Waals surface area contributed by atoms with E-state index in [2.05, 4.69) is 15.3 Å². The molecule has 0 fully saturated rings. The summed E-state index contributed by atoms with van der Waals surface area (Å²) in [7, 11) is 0. The number of carbonyl (C=O) groups is 1. The van der Waals surface area contributed by atoms with E-state index in [1.807, 2.05) is 6.92 Å². The fraction of sp³-hybridized carbons (Fsp3) is 0.154. The Bertz CT molecular complexity index is 557. The maximum Gasteiger partial charge on any atom is 0.251 e. The SMILES string of the molecule is Cc1c(Cl)cccc1C(=O)NCc1cnccn1. The Morgan fingerprint density at radius 2 is 2.22 bits per heavy atom. The highest BCUT2D eigenvalue weighted by atomic mass is 35.5. The van der Waals surface area contributed by atoms with Crippen LogP contribution in [0.2, 0.25) is 5.02 Å². The van der Waals surface area contributed by atoms with Gasteiger partial charge in [-0.15, -0.1) is 0 Å². The lowest BCUT2D eigenvalue weighted by molar-refractivity contribution is 0.0950. The van der Waals surface area contributed by atoms with Crippen LogP contribution in [0.4, 0.5) is 0 Å². The van der Waals surface area contributed by atoms with Crippen molar-refractivity contribution >= 4 is 17.5 Å². The highest BCUT2D eigenvalue weighted by molar-refractivity contribution is 6.31. The van der Waals surface area contributed by atoms with Gasteiger partial charge in [-0.3, -0.25) is 14.8 Å². The van der Waals surface area contributed by atoms with Gasteiger partial charge < -0.3 is 5.32 Å². The maximum atomic E-state index is 12.0. The topological polar surface area (TPSA) is 54.9 Å². The first-order valence-electron chi connectivity index (χ1n) is 5.46. The summed E-state index contributed by atoms with van der Waals surface area (Å²) < 4.78 is 0. The van der Waals surface area contributed by atoms with Crippen molar-refractivity contribution in [3.63, 3.8) is 0 Å². The van der Waals surface area contributed by atoms with Gasteiger partial charge in [0.1, 0.15) is 0 Å². The zero-order chi connectivity index (χ0) is 13.0. The van der Waals surface area contributed by atoms with Crippen molar-refractivity contribution in [3.8, 4) is 0 Å². The number of rotatable bonds is 3. The largest absolute Gasteiger partial charge is 0.346 e. The Hall–Kier alpha value is -1.94. The van der Waals surface area contributed by atoms with Crippen LogP contribution < -0.4 is 5.32 Å². The third-order valence-electron chi connectivity index (χ3n) is 2.56. The molecule has 2 aromatic rings. The molecule has 1 amide bonds. The van der Waals surface area contributed by atoms with Gasteiger partial charge in [-0.05, 0) is 24.6 Å². The van der Waals surface area contributed by atoms with Gasteiger partial charge in [0, 0.05) is 23.0 Å². The number of aromatic nitrogens is 2. The Balaban J connectivity index is 2.07. The van der Waals surface area contributed by atoms with E-state index in [0.717, 1.165) is 5.56 Å². The summed E-state index contributed by atoms with van der Waals surface area (Å²) in [4.78, 5) is 20.0. The highest BCUT2D eigenvalue weighted by Gasteiger charge is 2.10. The van der Waals surface area contributed by atoms with Crippen LogP contribution in [0.5, 0.6) is 0 Å². The van der Waals surface area contributed by atoms with Crippen molar-refractivity contribution in [3.05, 3.63) is 58.6 Å². The minimum Gasteiger partial charge on any atom is -0.346 e. The van der Waals surface area contributed by atoms with Crippen LogP contribution >= 0.6 is 11.6 Å². The zero-order valence-corrected chi connectivity index (χ0v) is 10.6. The minimum absolute atomic E-state index is 0.166. The van der Waals surface area contributed by atoms with Crippen molar-refractivity contribution in [1.29, 1.82) is 0 Å². The van der Waals surface area contributed by atoms with Crippen LogP contribution in [0, 0.1) is 6.92 Å². The molecule has 0 spiro atoms. The molecule has 0 aliphatic rings. The van der Waals surface area contributed by atoms with Crippen molar-refractivity contribution in [2.24, 2.45) is 0 Å². The maximum absolute atomic E-state index is 12.0. The summed E-state index contributed by atoms with van der Waals surface area (Å²) in [6.45, 7) is 2.16. The van der Waals surface area contributed by atoms with E-state index in [4.69, 9.17) is 11.6 Å². The summed E-state index contributed by atoms with van der Waals surface area (Å²) in [5, 5.41) is 3.37. The molecule has 0 aliphatic heterocycles. The summed E-state index contributed by atoms with van der Waals surface area (Å²) in [6, 6.07) is 5.26. The summed E-state index contributed by atoms with van der Waals surface area (Å²) >= 11 is 5.97. The van der Waals surface area contributed by atoms with E-state index in [-0.39, 0.29) is 5.91 Å². The molecule has 0 saturated carbocycles. The van der Waals surface area contributed by atoms with Gasteiger partial charge in [0.2, 0.25) is 0 Å². The average molecular weight is 262 g/mol. The Morgan fingerprint density at radius 3 is 2.94 bits per heavy atom. The Morgan fingerprint density at radius 1 is 1.39 bits per heavy atom. The lowest BCUT2D eigenvalue weighted by Gasteiger charge is -2.08. The van der Waals surface area contributed by atoms with Gasteiger partial charge in [0.15, 0.2) is 0 Å². The molecule has 1 aromatic carbocycles. The molecule has 4 nitrogen and oxygen atoms in total. The van der Waals surface area contributed by atoms with Crippen LogP contribution in [0.15, 0.2) is 36.8 Å². The molecule has 1 aromatic heterocycles. The van der Waals surface area contributed by atoms with Crippen molar-refractivity contribution < 1.29 is 4.79 Å². The smallest absolute Gasteiger partial charge is 0.251 e. The van der Waals surface area contributed by atoms with Gasteiger partial charge in [0.05, 0.1) is 18.4 Å². The Labute approximate surface area is 110 Å². The molecule has 92 valence electrons. The highest BCUT2D eigenvalue weighted by Crippen LogP contribution is 2.18. The quantitative estimate of drug-likeness (QED) is 0.923. The van der Waals surface area contributed by atoms with Gasteiger partial charge >= 0.3 is 0 Å². The Kier molecular flexibility index (Phi) is 3.89. The summed E-state index contributed by atoms with van der Waals surface area (Å²) in [6.07, 6.45) is 4.80. The molecule has 0 saturated heterocycles. The average Bonchev–Trinajstić information content (AvgIpc) is 2.40. The van der Waals surface area contributed by atoms with Crippen LogP contribution in [0.3, 0.4) is 0 Å². The van der Waals surface area contributed by atoms with E-state index < -0.39 is 0 Å². The summed E-state index contributed by atoms with van der Waals surface area (Å²) in [5.74, 6) is -0.166. The first kappa shape index (κ1) is 12.5. The third-order valence-corrected chi connectivity index (χ3v) is 2.97. The van der Waals surface area contributed by atoms with E-state index in [1.54, 1.807) is 36.8 Å². The van der Waals surface area contributed by atoms with E-state index in [1.165, 1.54) is 0 Å². The number of hydrogen-bond donors (Lipinski definition) is 1. The lowest BCUT2D eigenvalue weighted by atomic mass is 10.1. The fourth-order valence-electron chi connectivity index (χ4n) is 1.54. The molecule has 0 bridgehead atoms. The van der Waals surface area contributed by atoms with Gasteiger partial charge in [-0.25, -0.2) is 0 Å². The number of nitrogens with zero attached hydrogens (tertiary/aromatic N) is 2. The zero-order valence-electron chi connectivity index (χ0n) is 9.85. The third kappa shape index (κ3) is 2.84. The second kappa shape index (κ2) is 5.60. The minimum atomic E-state index is -0.166. The molecule has 18 heavy (non-hydrogen) atoms. The predicted molar refractivity (Wildman–Crippen MR) is 69.4 cm³/mol. The molecular weight excluding hydrogens is 250 g/mol. The predicted octanol–water partition coefficient (Wildman–Crippen LogP) is 2.37. The molecule has 1 N–H and O–H groups in total. The number of amides is 1. The first-order valence-corrected chi connectivity index (χ1v) is 5.84. The number of nitrogens with one attached hydrogen (secondary N) is 1. The van der Waals surface area contributed by atoms with Crippen LogP contribution in [-0.2, 0) is 6.54 Å². The second-order valence-electron chi connectivity index (χ2n) is 3.79. The molecule has 5 heteroatoms. The standard InChI is InChI=1S/C13H12ClN3O/c1-9-11(3-2-4-12(9)14)13(18)17-8-10-7-15-5-6-16-10/h2-7H,8H2,1H3,(H,17,18). The molecule has 0 unspecified atom stereocenters. The molecule has 0 atom stereocenters. The van der Waals surface area contributed by atoms with E-state index >= 15 is 0 Å². The van der Waals surface area contributed by atoms with E-state index in [9.17, 15) is 4.79 Å². The first-order chi connectivity index (χ1) is 8.68. The monoisotopic (exact) mass is 261 g/mol. The molecular formula is C13H12ClN3O. The number of carbonyl (C=O) groups excluding carboxylic acids is 1. The number of hydrogen-bond acceptors (Lipinski definition) is 3. The van der Waals surface area contributed by atoms with Crippen LogP contribution in [0.25, 0.3) is 0 Å². The van der Waals surface area contributed by atoms with Gasteiger partial charge in [-0.1, -0.05) is 17.7 Å². The fourth-order valence-corrected chi connectivity index (χ4v) is 1.72. The van der Waals surface area contributed by atoms with Crippen molar-refractivity contribution in [2.75, 3.05) is 0 Å². The summed E-state index contributed by atoms with van der Waals surface area (Å²) in [5.41, 5.74) is 2.06. The van der Waals surface area contributed by atoms with Gasteiger partial charge in [0.25, 0.3) is 5.91 Å².